The number of hydrogen-bond acceptors (Lipinski definition) is 4. The van der Waals surface area contributed by atoms with Crippen LogP contribution in [0, 0.1) is 38.7 Å². The van der Waals surface area contributed by atoms with E-state index in [-0.39, 0.29) is 48.9 Å². The van der Waals surface area contributed by atoms with Crippen molar-refractivity contribution in [3.63, 3.8) is 0 Å². The number of allylic oxidation sites excluding steroid dienone is 2. The quantitative estimate of drug-likeness (QED) is 0.0816. The summed E-state index contributed by atoms with van der Waals surface area (Å²) in [5.41, 5.74) is 8.11. The van der Waals surface area contributed by atoms with E-state index in [1.807, 2.05) is 33.9 Å². The maximum absolute atomic E-state index is 14.1. The molecule has 0 bridgehead atoms. The predicted molar refractivity (Wildman–Crippen MR) is 222 cm³/mol. The molecular formula is C47H59FIrNO2S-. The number of thiophene rings is 1. The Hall–Kier alpha value is -3.18. The molecule has 0 aliphatic rings. The Morgan fingerprint density at radius 2 is 1.51 bits per heavy atom. The number of nitrogens with zero attached hydrogens (tertiary/aromatic N) is 1. The van der Waals surface area contributed by atoms with E-state index >= 15 is 0 Å². The van der Waals surface area contributed by atoms with Gasteiger partial charge in [-0.05, 0) is 93.9 Å². The molecule has 2 heterocycles. The number of carbonyl (C=O) groups is 1. The molecule has 0 saturated carbocycles. The van der Waals surface area contributed by atoms with Crippen molar-refractivity contribution in [3.05, 3.63) is 100 Å². The fraction of sp³-hybridized carbons (Fsp3) is 0.447. The summed E-state index contributed by atoms with van der Waals surface area (Å²) in [7, 11) is 0. The maximum Gasteiger partial charge on any atom is 0.162 e. The second-order valence-electron chi connectivity index (χ2n) is 16.0. The molecule has 0 aliphatic heterocycles. The number of fused-ring (bicyclic) bond motifs is 2. The minimum Gasteiger partial charge on any atom is -0.512 e. The molecule has 0 fully saturated rings. The van der Waals surface area contributed by atoms with Gasteiger partial charge in [-0.3, -0.25) is 9.78 Å². The van der Waals surface area contributed by atoms with Gasteiger partial charge < -0.3 is 5.11 Å². The van der Waals surface area contributed by atoms with Crippen molar-refractivity contribution in [2.24, 2.45) is 11.8 Å². The Bertz CT molecular complexity index is 2040. The number of ketones is 1. The van der Waals surface area contributed by atoms with E-state index in [4.69, 9.17) is 4.98 Å². The molecule has 53 heavy (non-hydrogen) atoms. The van der Waals surface area contributed by atoms with Gasteiger partial charge in [0.2, 0.25) is 0 Å². The smallest absolute Gasteiger partial charge is 0.162 e. The van der Waals surface area contributed by atoms with Gasteiger partial charge in [0.15, 0.2) is 5.78 Å². The van der Waals surface area contributed by atoms with Crippen LogP contribution in [0.5, 0.6) is 0 Å². The van der Waals surface area contributed by atoms with Gasteiger partial charge in [-0.1, -0.05) is 101 Å². The molecule has 0 aliphatic carbocycles. The van der Waals surface area contributed by atoms with Gasteiger partial charge in [-0.2, -0.15) is 0 Å². The third kappa shape index (κ3) is 10.7. The van der Waals surface area contributed by atoms with E-state index in [0.29, 0.717) is 6.42 Å². The molecule has 2 aromatic heterocycles. The van der Waals surface area contributed by atoms with Crippen LogP contribution in [0.4, 0.5) is 4.39 Å². The molecule has 287 valence electrons. The number of aliphatic hydroxyl groups is 1. The van der Waals surface area contributed by atoms with Crippen LogP contribution < -0.4 is 0 Å². The van der Waals surface area contributed by atoms with E-state index in [9.17, 15) is 14.3 Å². The van der Waals surface area contributed by atoms with Crippen molar-refractivity contribution in [2.75, 3.05) is 0 Å². The zero-order valence-electron chi connectivity index (χ0n) is 33.9. The molecule has 1 radical (unpaired) electrons. The second kappa shape index (κ2) is 18.4. The Morgan fingerprint density at radius 3 is 2.06 bits per heavy atom. The number of hydrogen-bond donors (Lipinski definition) is 1. The van der Waals surface area contributed by atoms with E-state index in [0.717, 1.165) is 53.5 Å². The predicted octanol–water partition coefficient (Wildman–Crippen LogP) is 14.0. The number of aromatic nitrogens is 1. The number of aliphatic hydroxyl groups excluding tert-OH is 1. The monoisotopic (exact) mass is 913 g/mol. The summed E-state index contributed by atoms with van der Waals surface area (Å²) in [4.78, 5) is 17.8. The molecule has 0 spiro atoms. The molecule has 1 N–H and O–H groups in total. The Balaban J connectivity index is 0.000000403. The van der Waals surface area contributed by atoms with Crippen molar-refractivity contribution in [2.45, 2.75) is 126 Å². The SMILES string of the molecule is CCC(CC)C(=O)/C=C(\O)C(CC)CC.Cc1cc(C)c2c(C(C)(C)C)cc(-c3nccc4c(C)c(-c5ccc(CC(C)(C)F)cc5)sc34)[c-]c2c1.[Ir]. The Labute approximate surface area is 335 Å². The molecule has 3 aromatic carbocycles. The molecule has 0 atom stereocenters. The number of rotatable bonds is 11. The number of halogens is 1. The first-order valence-electron chi connectivity index (χ1n) is 19.0. The molecule has 3 nitrogen and oxygen atoms in total. The summed E-state index contributed by atoms with van der Waals surface area (Å²) in [6.07, 6.45) is 7.24. The zero-order valence-corrected chi connectivity index (χ0v) is 37.1. The summed E-state index contributed by atoms with van der Waals surface area (Å²) in [6.45, 7) is 24.7. The minimum atomic E-state index is -1.21. The van der Waals surface area contributed by atoms with E-state index in [1.54, 1.807) is 25.2 Å². The fourth-order valence-corrected chi connectivity index (χ4v) is 8.51. The van der Waals surface area contributed by atoms with Crippen LogP contribution in [0.25, 0.3) is 42.6 Å². The molecule has 0 saturated heterocycles. The van der Waals surface area contributed by atoms with E-state index in [2.05, 4.69) is 96.1 Å². The summed E-state index contributed by atoms with van der Waals surface area (Å²) in [5, 5.41) is 13.4. The van der Waals surface area contributed by atoms with Crippen LogP contribution >= 0.6 is 11.3 Å². The number of aryl methyl sites for hydroxylation is 3. The van der Waals surface area contributed by atoms with Gasteiger partial charge in [0.25, 0.3) is 0 Å². The summed E-state index contributed by atoms with van der Waals surface area (Å²) >= 11 is 1.79. The van der Waals surface area contributed by atoms with Gasteiger partial charge in [-0.25, -0.2) is 4.39 Å². The van der Waals surface area contributed by atoms with Crippen molar-refractivity contribution in [1.29, 1.82) is 0 Å². The first-order chi connectivity index (χ1) is 24.4. The summed E-state index contributed by atoms with van der Waals surface area (Å²) in [5.74, 6) is 0.547. The summed E-state index contributed by atoms with van der Waals surface area (Å²) in [6, 6.07) is 21.0. The van der Waals surface area contributed by atoms with Crippen LogP contribution in [0.2, 0.25) is 0 Å². The van der Waals surface area contributed by atoms with E-state index < -0.39 is 5.67 Å². The molecular weight excluding hydrogens is 854 g/mol. The molecule has 6 heteroatoms. The van der Waals surface area contributed by atoms with Crippen molar-refractivity contribution < 1.29 is 34.4 Å². The largest absolute Gasteiger partial charge is 0.512 e. The molecule has 5 aromatic rings. The fourth-order valence-electron chi connectivity index (χ4n) is 7.19. The second-order valence-corrected chi connectivity index (χ2v) is 17.1. The first kappa shape index (κ1) is 44.2. The number of alkyl halides is 1. The first-order valence-corrected chi connectivity index (χ1v) is 19.8. The van der Waals surface area contributed by atoms with Crippen LogP contribution in [0.15, 0.2) is 66.6 Å². The summed E-state index contributed by atoms with van der Waals surface area (Å²) < 4.78 is 15.3. The number of benzene rings is 3. The van der Waals surface area contributed by atoms with Crippen molar-refractivity contribution >= 4 is 38.0 Å². The average molecular weight is 913 g/mol. The van der Waals surface area contributed by atoms with Crippen LogP contribution in [0.3, 0.4) is 0 Å². The Kier molecular flexibility index (Phi) is 15.4. The Morgan fingerprint density at radius 1 is 0.906 bits per heavy atom. The van der Waals surface area contributed by atoms with Crippen molar-refractivity contribution in [3.8, 4) is 21.7 Å². The molecule has 5 rings (SSSR count). The normalized spacial score (nSPS) is 12.3. The minimum absolute atomic E-state index is 0. The van der Waals surface area contributed by atoms with Crippen molar-refractivity contribution in [1.82, 2.24) is 4.98 Å². The van der Waals surface area contributed by atoms with E-state index in [1.165, 1.54) is 48.7 Å². The van der Waals surface area contributed by atoms with Crippen LogP contribution in [-0.2, 0) is 36.7 Å². The number of carbonyl (C=O) groups excluding carboxylic acids is 1. The molecule has 0 amide bonds. The number of pyridine rings is 1. The molecule has 0 unspecified atom stereocenters. The van der Waals surface area contributed by atoms with Gasteiger partial charge in [-0.15, -0.1) is 40.5 Å². The van der Waals surface area contributed by atoms with Crippen LogP contribution in [-0.4, -0.2) is 21.5 Å². The van der Waals surface area contributed by atoms with Gasteiger partial charge in [0.1, 0.15) is 5.67 Å². The van der Waals surface area contributed by atoms with Gasteiger partial charge in [0.05, 0.1) is 5.76 Å². The van der Waals surface area contributed by atoms with Gasteiger partial charge in [0, 0.05) is 65.9 Å². The third-order valence-corrected chi connectivity index (χ3v) is 11.5. The third-order valence-electron chi connectivity index (χ3n) is 10.1. The van der Waals surface area contributed by atoms with Crippen LogP contribution in [0.1, 0.15) is 116 Å². The van der Waals surface area contributed by atoms with Gasteiger partial charge >= 0.3 is 0 Å². The topological polar surface area (TPSA) is 50.2 Å². The maximum atomic E-state index is 14.1. The zero-order chi connectivity index (χ0) is 38.5. The average Bonchev–Trinajstić information content (AvgIpc) is 3.41. The standard InChI is InChI=1S/C34H35FNS.C13H24O2.Ir/c1-20-15-21(2)29-25(16-20)17-26(18-28(29)33(4,5)6)30-32-27(13-14-36-30)22(3)31(37-32)24-11-9-23(10-12-24)19-34(7,8)35;1-5-10(6-2)12(14)9-13(15)11(7-3)8-4;/h9-16,18H,19H2,1-8H3;9-11,14H,5-8H2,1-4H3;/q-1;;/b;12-9-;.